The topological polar surface area (TPSA) is 55.8 Å². The van der Waals surface area contributed by atoms with Gasteiger partial charge >= 0.3 is 5.97 Å². The molecule has 1 atom stereocenters. The van der Waals surface area contributed by atoms with Gasteiger partial charge in [0.1, 0.15) is 12.4 Å². The van der Waals surface area contributed by atoms with Gasteiger partial charge < -0.3 is 9.47 Å². The second kappa shape index (κ2) is 6.91. The molecule has 0 N–H and O–H groups in total. The molecule has 5 heteroatoms. The van der Waals surface area contributed by atoms with Gasteiger partial charge in [0.2, 0.25) is 5.91 Å². The summed E-state index contributed by atoms with van der Waals surface area (Å²) in [5, 5.41) is 0. The number of hydrogen-bond donors (Lipinski definition) is 0. The standard InChI is InChI=1S/C22H21NO4/c1-3-14-8-10-15(11-9-14)23-18-13-27-22(25)21(18)17(12-20(23)24)16-6-4-5-7-19(16)26-2/h4-11,17H,3,12-13H2,1-2H3/t17-/m1/s1. The van der Waals surface area contributed by atoms with Gasteiger partial charge in [-0.3, -0.25) is 9.69 Å². The Hall–Kier alpha value is -3.08. The van der Waals surface area contributed by atoms with Crippen LogP contribution in [0.3, 0.4) is 0 Å². The van der Waals surface area contributed by atoms with E-state index in [-0.39, 0.29) is 30.8 Å². The lowest BCUT2D eigenvalue weighted by Crippen LogP contribution is -2.37. The van der Waals surface area contributed by atoms with Crippen molar-refractivity contribution in [2.24, 2.45) is 0 Å². The SMILES string of the molecule is CCc1ccc(N2C(=O)C[C@H](c3ccccc3OC)C3=C2COC3=O)cc1. The normalized spacial score (nSPS) is 19.2. The van der Waals surface area contributed by atoms with Crippen LogP contribution in [0.25, 0.3) is 0 Å². The molecular weight excluding hydrogens is 342 g/mol. The molecule has 0 unspecified atom stereocenters. The molecule has 0 bridgehead atoms. The summed E-state index contributed by atoms with van der Waals surface area (Å²) in [6.07, 6.45) is 1.13. The van der Waals surface area contributed by atoms with Crippen LogP contribution >= 0.6 is 0 Å². The summed E-state index contributed by atoms with van der Waals surface area (Å²) in [5.74, 6) is -0.0943. The van der Waals surface area contributed by atoms with Crippen molar-refractivity contribution in [1.29, 1.82) is 0 Å². The second-order valence-corrected chi connectivity index (χ2v) is 6.68. The zero-order valence-electron chi connectivity index (χ0n) is 15.4. The van der Waals surface area contributed by atoms with Crippen molar-refractivity contribution >= 4 is 17.6 Å². The monoisotopic (exact) mass is 363 g/mol. The van der Waals surface area contributed by atoms with Crippen LogP contribution < -0.4 is 9.64 Å². The second-order valence-electron chi connectivity index (χ2n) is 6.68. The van der Waals surface area contributed by atoms with E-state index in [1.54, 1.807) is 12.0 Å². The number of rotatable bonds is 4. The number of benzene rings is 2. The lowest BCUT2D eigenvalue weighted by atomic mass is 9.83. The van der Waals surface area contributed by atoms with Crippen molar-refractivity contribution in [1.82, 2.24) is 0 Å². The lowest BCUT2D eigenvalue weighted by molar-refractivity contribution is -0.136. The Labute approximate surface area is 158 Å². The molecule has 0 saturated heterocycles. The molecule has 138 valence electrons. The first-order valence-corrected chi connectivity index (χ1v) is 9.09. The van der Waals surface area contributed by atoms with Gasteiger partial charge in [-0.15, -0.1) is 0 Å². The predicted molar refractivity (Wildman–Crippen MR) is 102 cm³/mol. The van der Waals surface area contributed by atoms with Crippen molar-refractivity contribution in [2.45, 2.75) is 25.7 Å². The molecule has 1 amide bonds. The van der Waals surface area contributed by atoms with Crippen LogP contribution in [-0.4, -0.2) is 25.6 Å². The number of carbonyl (C=O) groups excluding carboxylic acids is 2. The summed E-state index contributed by atoms with van der Waals surface area (Å²) in [4.78, 5) is 27.2. The first-order chi connectivity index (χ1) is 13.1. The third kappa shape index (κ3) is 2.89. The van der Waals surface area contributed by atoms with Gasteiger partial charge in [-0.05, 0) is 30.2 Å². The molecular formula is C22H21NO4. The number of hydrogen-bond acceptors (Lipinski definition) is 4. The van der Waals surface area contributed by atoms with Crippen LogP contribution in [0.5, 0.6) is 5.75 Å². The van der Waals surface area contributed by atoms with Crippen LogP contribution in [0.2, 0.25) is 0 Å². The van der Waals surface area contributed by atoms with Crippen molar-refractivity contribution in [3.8, 4) is 5.75 Å². The van der Waals surface area contributed by atoms with E-state index < -0.39 is 0 Å². The molecule has 4 rings (SSSR count). The first-order valence-electron chi connectivity index (χ1n) is 9.09. The van der Waals surface area contributed by atoms with E-state index in [2.05, 4.69) is 6.92 Å². The van der Waals surface area contributed by atoms with Crippen molar-refractivity contribution < 1.29 is 19.1 Å². The van der Waals surface area contributed by atoms with E-state index in [0.29, 0.717) is 17.0 Å². The molecule has 2 aliphatic rings. The summed E-state index contributed by atoms with van der Waals surface area (Å²) in [5.41, 5.74) is 3.99. The number of methoxy groups -OCH3 is 1. The van der Waals surface area contributed by atoms with E-state index in [4.69, 9.17) is 9.47 Å². The molecule has 2 aromatic rings. The van der Waals surface area contributed by atoms with E-state index >= 15 is 0 Å². The Morgan fingerprint density at radius 1 is 1.11 bits per heavy atom. The molecule has 5 nitrogen and oxygen atoms in total. The number of carbonyl (C=O) groups is 2. The van der Waals surface area contributed by atoms with Gasteiger partial charge in [-0.2, -0.15) is 0 Å². The summed E-state index contributed by atoms with van der Waals surface area (Å²) in [7, 11) is 1.59. The highest BCUT2D eigenvalue weighted by Gasteiger charge is 2.43. The van der Waals surface area contributed by atoms with Crippen molar-refractivity contribution in [3.05, 3.63) is 70.9 Å². The van der Waals surface area contributed by atoms with Gasteiger partial charge in [-0.1, -0.05) is 37.3 Å². The number of amides is 1. The zero-order chi connectivity index (χ0) is 19.0. The van der Waals surface area contributed by atoms with Gasteiger partial charge in [0.05, 0.1) is 18.4 Å². The summed E-state index contributed by atoms with van der Waals surface area (Å²) >= 11 is 0. The minimum Gasteiger partial charge on any atom is -0.496 e. The molecule has 0 aromatic heterocycles. The molecule has 0 spiro atoms. The van der Waals surface area contributed by atoms with E-state index in [1.165, 1.54) is 5.56 Å². The quantitative estimate of drug-likeness (QED) is 0.779. The highest BCUT2D eigenvalue weighted by Crippen LogP contribution is 2.44. The van der Waals surface area contributed by atoms with Gasteiger partial charge in [0.25, 0.3) is 0 Å². The average Bonchev–Trinajstić information content (AvgIpc) is 3.09. The Morgan fingerprint density at radius 3 is 2.56 bits per heavy atom. The van der Waals surface area contributed by atoms with Crippen LogP contribution in [-0.2, 0) is 20.7 Å². The molecule has 0 fully saturated rings. The Bertz CT molecular complexity index is 930. The van der Waals surface area contributed by atoms with Crippen LogP contribution in [0, 0.1) is 0 Å². The van der Waals surface area contributed by atoms with E-state index in [0.717, 1.165) is 17.7 Å². The maximum atomic E-state index is 13.1. The number of cyclic esters (lactones) is 1. The molecule has 0 aliphatic carbocycles. The lowest BCUT2D eigenvalue weighted by Gasteiger charge is -2.32. The summed E-state index contributed by atoms with van der Waals surface area (Å²) < 4.78 is 10.8. The fraction of sp³-hybridized carbons (Fsp3) is 0.273. The van der Waals surface area contributed by atoms with Crippen LogP contribution in [0.1, 0.15) is 30.4 Å². The van der Waals surface area contributed by atoms with Crippen molar-refractivity contribution in [3.63, 3.8) is 0 Å². The molecule has 0 saturated carbocycles. The molecule has 27 heavy (non-hydrogen) atoms. The largest absolute Gasteiger partial charge is 0.496 e. The number of esters is 1. The van der Waals surface area contributed by atoms with Gasteiger partial charge in [-0.25, -0.2) is 4.79 Å². The smallest absolute Gasteiger partial charge is 0.336 e. The average molecular weight is 363 g/mol. The van der Waals surface area contributed by atoms with E-state index in [1.807, 2.05) is 48.5 Å². The molecule has 2 heterocycles. The number of ether oxygens (including phenoxy) is 2. The Balaban J connectivity index is 1.81. The highest BCUT2D eigenvalue weighted by atomic mass is 16.5. The minimum absolute atomic E-state index is 0.0489. The number of anilines is 1. The van der Waals surface area contributed by atoms with Gasteiger partial charge in [0, 0.05) is 23.6 Å². The molecule has 0 radical (unpaired) electrons. The number of para-hydroxylation sites is 1. The van der Waals surface area contributed by atoms with Gasteiger partial charge in [0.15, 0.2) is 0 Å². The number of nitrogens with zero attached hydrogens (tertiary/aromatic N) is 1. The minimum atomic E-state index is -0.358. The maximum absolute atomic E-state index is 13.1. The third-order valence-electron chi connectivity index (χ3n) is 5.23. The third-order valence-corrected chi connectivity index (χ3v) is 5.23. The fourth-order valence-electron chi connectivity index (χ4n) is 3.85. The van der Waals surface area contributed by atoms with Crippen molar-refractivity contribution in [2.75, 3.05) is 18.6 Å². The van der Waals surface area contributed by atoms with Crippen LogP contribution in [0.4, 0.5) is 5.69 Å². The summed E-state index contributed by atoms with van der Waals surface area (Å²) in [6, 6.07) is 15.4. The zero-order valence-corrected chi connectivity index (χ0v) is 15.4. The summed E-state index contributed by atoms with van der Waals surface area (Å²) in [6.45, 7) is 2.20. The predicted octanol–water partition coefficient (Wildman–Crippen LogP) is 3.59. The maximum Gasteiger partial charge on any atom is 0.336 e. The Kier molecular flexibility index (Phi) is 4.44. The van der Waals surface area contributed by atoms with Crippen LogP contribution in [0.15, 0.2) is 59.8 Å². The first kappa shape index (κ1) is 17.3. The highest BCUT2D eigenvalue weighted by molar-refractivity contribution is 6.06. The van der Waals surface area contributed by atoms with E-state index in [9.17, 15) is 9.59 Å². The molecule has 2 aromatic carbocycles. The Morgan fingerprint density at radius 2 is 1.85 bits per heavy atom. The molecule has 2 aliphatic heterocycles. The fourth-order valence-corrected chi connectivity index (χ4v) is 3.85. The number of aryl methyl sites for hydroxylation is 1.